The maximum Gasteiger partial charge on any atom is 0.323 e. The molecule has 1 rings (SSSR count). The minimum atomic E-state index is -1.10. The molecule has 1 fully saturated rings. The summed E-state index contributed by atoms with van der Waals surface area (Å²) in [5, 5.41) is 8.95. The molecule has 0 aromatic carbocycles. The fourth-order valence-electron chi connectivity index (χ4n) is 2.22. The third-order valence-electron chi connectivity index (χ3n) is 3.91. The first-order valence-corrected chi connectivity index (χ1v) is 6.11. The Kier molecular flexibility index (Phi) is 4.33. The lowest BCUT2D eigenvalue weighted by Crippen LogP contribution is -2.50. The highest BCUT2D eigenvalue weighted by Gasteiger charge is 2.31. The van der Waals surface area contributed by atoms with Gasteiger partial charge in [0.25, 0.3) is 0 Å². The summed E-state index contributed by atoms with van der Waals surface area (Å²) < 4.78 is 0. The largest absolute Gasteiger partial charge is 0.480 e. The molecule has 0 saturated carbocycles. The van der Waals surface area contributed by atoms with Crippen molar-refractivity contribution in [1.82, 2.24) is 4.90 Å². The van der Waals surface area contributed by atoms with Gasteiger partial charge < -0.3 is 15.7 Å². The predicted molar refractivity (Wildman–Crippen MR) is 64.3 cm³/mol. The summed E-state index contributed by atoms with van der Waals surface area (Å²) >= 11 is 0. The second-order valence-electron chi connectivity index (χ2n) is 5.37. The van der Waals surface area contributed by atoms with Crippen LogP contribution in [0.25, 0.3) is 0 Å². The number of hydrogen-bond donors (Lipinski definition) is 2. The highest BCUT2D eigenvalue weighted by molar-refractivity contribution is 5.77. The topological polar surface area (TPSA) is 66.6 Å². The number of carbonyl (C=O) groups is 1. The highest BCUT2D eigenvalue weighted by Crippen LogP contribution is 2.23. The molecule has 3 atom stereocenters. The van der Waals surface area contributed by atoms with E-state index in [1.54, 1.807) is 6.92 Å². The second kappa shape index (κ2) is 5.15. The Morgan fingerprint density at radius 1 is 1.56 bits per heavy atom. The first-order chi connectivity index (χ1) is 7.34. The van der Waals surface area contributed by atoms with Crippen molar-refractivity contribution in [3.8, 4) is 0 Å². The van der Waals surface area contributed by atoms with Crippen LogP contribution in [0.3, 0.4) is 0 Å². The number of piperidine rings is 1. The maximum absolute atomic E-state index is 10.9. The van der Waals surface area contributed by atoms with Crippen molar-refractivity contribution in [1.29, 1.82) is 0 Å². The Bertz CT molecular complexity index is 253. The molecule has 0 bridgehead atoms. The van der Waals surface area contributed by atoms with E-state index in [-0.39, 0.29) is 0 Å². The van der Waals surface area contributed by atoms with Crippen molar-refractivity contribution in [3.05, 3.63) is 0 Å². The number of carboxylic acid groups (broad SMARTS) is 1. The summed E-state index contributed by atoms with van der Waals surface area (Å²) in [6.07, 6.45) is 3.00. The second-order valence-corrected chi connectivity index (χ2v) is 5.37. The lowest BCUT2D eigenvalue weighted by atomic mass is 9.91. The number of nitrogens with two attached hydrogens (primary N) is 1. The number of hydrogen-bond acceptors (Lipinski definition) is 3. The van der Waals surface area contributed by atoms with Crippen molar-refractivity contribution in [2.75, 3.05) is 13.1 Å². The van der Waals surface area contributed by atoms with E-state index in [1.165, 1.54) is 12.8 Å². The van der Waals surface area contributed by atoms with Gasteiger partial charge in [-0.2, -0.15) is 0 Å². The lowest BCUT2D eigenvalue weighted by Gasteiger charge is -2.39. The molecule has 1 aliphatic rings. The molecule has 16 heavy (non-hydrogen) atoms. The van der Waals surface area contributed by atoms with Crippen molar-refractivity contribution in [2.45, 2.75) is 51.6 Å². The summed E-state index contributed by atoms with van der Waals surface area (Å²) in [5.74, 6) is -0.215. The van der Waals surface area contributed by atoms with E-state index < -0.39 is 11.5 Å². The van der Waals surface area contributed by atoms with Gasteiger partial charge >= 0.3 is 5.97 Å². The molecule has 1 heterocycles. The molecular weight excluding hydrogens is 204 g/mol. The average molecular weight is 228 g/mol. The molecule has 0 radical (unpaired) electrons. The van der Waals surface area contributed by atoms with Gasteiger partial charge in [0.1, 0.15) is 5.54 Å². The monoisotopic (exact) mass is 228 g/mol. The number of likely N-dealkylation sites (tertiary alicyclic amines) is 1. The summed E-state index contributed by atoms with van der Waals surface area (Å²) in [7, 11) is 0. The molecule has 94 valence electrons. The average Bonchev–Trinajstić information content (AvgIpc) is 2.20. The molecule has 3 unspecified atom stereocenters. The van der Waals surface area contributed by atoms with Crippen molar-refractivity contribution in [3.63, 3.8) is 0 Å². The maximum atomic E-state index is 10.9. The van der Waals surface area contributed by atoms with E-state index in [9.17, 15) is 4.79 Å². The highest BCUT2D eigenvalue weighted by atomic mass is 16.4. The van der Waals surface area contributed by atoms with Crippen molar-refractivity contribution < 1.29 is 9.90 Å². The third-order valence-corrected chi connectivity index (χ3v) is 3.91. The standard InChI is InChI=1S/C12H24N2O2/c1-9-5-4-7-14(10(9)2)8-6-12(3,13)11(15)16/h9-10H,4-8,13H2,1-3H3,(H,15,16). The van der Waals surface area contributed by atoms with Crippen LogP contribution in [-0.4, -0.2) is 40.6 Å². The third kappa shape index (κ3) is 3.19. The van der Waals surface area contributed by atoms with Crippen LogP contribution in [0.15, 0.2) is 0 Å². The number of rotatable bonds is 4. The van der Waals surface area contributed by atoms with E-state index in [4.69, 9.17) is 10.8 Å². The zero-order chi connectivity index (χ0) is 12.3. The Morgan fingerprint density at radius 2 is 2.19 bits per heavy atom. The van der Waals surface area contributed by atoms with Crippen LogP contribution >= 0.6 is 0 Å². The van der Waals surface area contributed by atoms with Gasteiger partial charge in [-0.25, -0.2) is 0 Å². The fraction of sp³-hybridized carbons (Fsp3) is 0.917. The van der Waals surface area contributed by atoms with Crippen LogP contribution in [0.1, 0.15) is 40.0 Å². The molecule has 4 heteroatoms. The number of nitrogens with zero attached hydrogens (tertiary/aromatic N) is 1. The van der Waals surface area contributed by atoms with Gasteiger partial charge in [-0.3, -0.25) is 4.79 Å². The van der Waals surface area contributed by atoms with Gasteiger partial charge in [-0.1, -0.05) is 6.92 Å². The van der Waals surface area contributed by atoms with Gasteiger partial charge in [0.05, 0.1) is 0 Å². The van der Waals surface area contributed by atoms with Gasteiger partial charge in [0.2, 0.25) is 0 Å². The molecule has 1 saturated heterocycles. The van der Waals surface area contributed by atoms with Gasteiger partial charge in [0.15, 0.2) is 0 Å². The zero-order valence-electron chi connectivity index (χ0n) is 10.6. The van der Waals surface area contributed by atoms with Crippen LogP contribution in [0.5, 0.6) is 0 Å². The Balaban J connectivity index is 2.45. The van der Waals surface area contributed by atoms with Crippen LogP contribution in [-0.2, 0) is 4.79 Å². The van der Waals surface area contributed by atoms with E-state index in [2.05, 4.69) is 18.7 Å². The van der Waals surface area contributed by atoms with Crippen LogP contribution < -0.4 is 5.73 Å². The molecule has 0 aromatic rings. The van der Waals surface area contributed by atoms with Crippen LogP contribution in [0.4, 0.5) is 0 Å². The van der Waals surface area contributed by atoms with Gasteiger partial charge in [-0.15, -0.1) is 0 Å². The van der Waals surface area contributed by atoms with Gasteiger partial charge in [0, 0.05) is 12.6 Å². The van der Waals surface area contributed by atoms with E-state index in [1.807, 2.05) is 0 Å². The number of carboxylic acids is 1. The van der Waals surface area contributed by atoms with Crippen molar-refractivity contribution >= 4 is 5.97 Å². The normalized spacial score (nSPS) is 31.0. The summed E-state index contributed by atoms with van der Waals surface area (Å²) in [6, 6.07) is 0.540. The van der Waals surface area contributed by atoms with E-state index in [0.717, 1.165) is 13.1 Å². The zero-order valence-corrected chi connectivity index (χ0v) is 10.6. The Labute approximate surface area is 97.8 Å². The first kappa shape index (κ1) is 13.5. The SMILES string of the molecule is CC1CCCN(CCC(C)(N)C(=O)O)C1C. The predicted octanol–water partition coefficient (Wildman–Crippen LogP) is 1.30. The molecule has 4 nitrogen and oxygen atoms in total. The first-order valence-electron chi connectivity index (χ1n) is 6.11. The van der Waals surface area contributed by atoms with E-state index in [0.29, 0.717) is 18.4 Å². The summed E-state index contributed by atoms with van der Waals surface area (Å²) in [5.41, 5.74) is 4.63. The van der Waals surface area contributed by atoms with E-state index >= 15 is 0 Å². The molecular formula is C12H24N2O2. The lowest BCUT2D eigenvalue weighted by molar-refractivity contribution is -0.143. The number of aliphatic carboxylic acids is 1. The van der Waals surface area contributed by atoms with Crippen LogP contribution in [0, 0.1) is 5.92 Å². The quantitative estimate of drug-likeness (QED) is 0.761. The molecule has 0 aromatic heterocycles. The Morgan fingerprint density at radius 3 is 2.75 bits per heavy atom. The molecule has 0 spiro atoms. The molecule has 0 amide bonds. The summed E-state index contributed by atoms with van der Waals surface area (Å²) in [6.45, 7) is 7.92. The summed E-state index contributed by atoms with van der Waals surface area (Å²) in [4.78, 5) is 13.3. The smallest absolute Gasteiger partial charge is 0.323 e. The minimum Gasteiger partial charge on any atom is -0.480 e. The minimum absolute atomic E-state index is 0.513. The fourth-order valence-corrected chi connectivity index (χ4v) is 2.22. The molecule has 0 aliphatic carbocycles. The molecule has 1 aliphatic heterocycles. The molecule has 3 N–H and O–H groups in total. The van der Waals surface area contributed by atoms with Crippen molar-refractivity contribution in [2.24, 2.45) is 11.7 Å². The van der Waals surface area contributed by atoms with Crippen LogP contribution in [0.2, 0.25) is 0 Å². The Hall–Kier alpha value is -0.610. The van der Waals surface area contributed by atoms with Gasteiger partial charge in [-0.05, 0) is 45.6 Å².